The average molecular weight is 329 g/mol. The fourth-order valence-electron chi connectivity index (χ4n) is 3.89. The van der Waals surface area contributed by atoms with Crippen LogP contribution in [0.3, 0.4) is 0 Å². The zero-order valence-corrected chi connectivity index (χ0v) is 13.1. The lowest BCUT2D eigenvalue weighted by atomic mass is 9.90. The summed E-state index contributed by atoms with van der Waals surface area (Å²) in [4.78, 5) is 8.68. The Morgan fingerprint density at radius 3 is 3.04 bits per heavy atom. The van der Waals surface area contributed by atoms with Gasteiger partial charge in [0.15, 0.2) is 0 Å². The van der Waals surface area contributed by atoms with Crippen molar-refractivity contribution < 1.29 is 12.6 Å². The fraction of sp³-hybridized carbons (Fsp3) is 0.375. The van der Waals surface area contributed by atoms with Crippen LogP contribution >= 0.6 is 0 Å². The molecule has 3 heterocycles. The monoisotopic (exact) mass is 329 g/mol. The number of nitrogens with zero attached hydrogens (tertiary/aromatic N) is 3. The minimum atomic E-state index is -1.64. The van der Waals surface area contributed by atoms with Gasteiger partial charge >= 0.3 is 11.4 Å². The summed E-state index contributed by atoms with van der Waals surface area (Å²) in [5.74, 6) is 0. The predicted molar refractivity (Wildman–Crippen MR) is 85.8 cm³/mol. The molecule has 1 saturated carbocycles. The number of fused-ring (bicyclic) bond motifs is 4. The van der Waals surface area contributed by atoms with Gasteiger partial charge in [-0.05, 0) is 25.3 Å². The van der Waals surface area contributed by atoms with Gasteiger partial charge in [-0.3, -0.25) is 8.37 Å². The van der Waals surface area contributed by atoms with Crippen molar-refractivity contribution in [1.82, 2.24) is 14.5 Å². The van der Waals surface area contributed by atoms with E-state index in [9.17, 15) is 4.21 Å². The van der Waals surface area contributed by atoms with Gasteiger partial charge in [-0.15, -0.1) is 0 Å². The van der Waals surface area contributed by atoms with Crippen molar-refractivity contribution in [2.45, 2.75) is 37.5 Å². The van der Waals surface area contributed by atoms with Crippen LogP contribution in [0.25, 0.3) is 21.9 Å². The van der Waals surface area contributed by atoms with Crippen LogP contribution in [-0.2, 0) is 19.7 Å². The van der Waals surface area contributed by atoms with Crippen molar-refractivity contribution in [3.8, 4) is 0 Å². The minimum Gasteiger partial charge on any atom is -0.319 e. The Morgan fingerprint density at radius 1 is 1.17 bits per heavy atom. The third-order valence-corrected chi connectivity index (χ3v) is 5.61. The van der Waals surface area contributed by atoms with E-state index in [0.717, 1.165) is 41.2 Å². The maximum Gasteiger partial charge on any atom is 0.305 e. The first kappa shape index (κ1) is 13.6. The van der Waals surface area contributed by atoms with Crippen LogP contribution < -0.4 is 0 Å². The van der Waals surface area contributed by atoms with Crippen LogP contribution in [0.1, 0.15) is 25.3 Å². The molecule has 2 fully saturated rings. The number of benzene rings is 1. The van der Waals surface area contributed by atoms with Gasteiger partial charge in [-0.2, -0.15) is 4.21 Å². The summed E-state index contributed by atoms with van der Waals surface area (Å²) >= 11 is -1.64. The van der Waals surface area contributed by atoms with Crippen molar-refractivity contribution in [3.05, 3.63) is 36.8 Å². The van der Waals surface area contributed by atoms with Crippen LogP contribution in [0.2, 0.25) is 0 Å². The topological polar surface area (TPSA) is 66.2 Å². The quantitative estimate of drug-likeness (QED) is 0.687. The van der Waals surface area contributed by atoms with E-state index in [4.69, 9.17) is 8.37 Å². The summed E-state index contributed by atoms with van der Waals surface area (Å²) in [6, 6.07) is 8.29. The van der Waals surface area contributed by atoms with E-state index in [2.05, 4.69) is 26.7 Å². The molecule has 0 spiro atoms. The third-order valence-electron chi connectivity index (χ3n) is 4.83. The lowest BCUT2D eigenvalue weighted by Crippen LogP contribution is -2.36. The molecule has 1 aliphatic carbocycles. The molecule has 2 aliphatic rings. The molecule has 118 valence electrons. The van der Waals surface area contributed by atoms with Gasteiger partial charge in [0.1, 0.15) is 24.2 Å². The van der Waals surface area contributed by atoms with Gasteiger partial charge in [-0.1, -0.05) is 18.2 Å². The molecule has 0 amide bonds. The molecule has 6 nitrogen and oxygen atoms in total. The summed E-state index contributed by atoms with van der Waals surface area (Å²) in [5.41, 5.74) is 2.00. The lowest BCUT2D eigenvalue weighted by Gasteiger charge is -2.31. The Hall–Kier alpha value is -1.83. The molecule has 5 rings (SSSR count). The Kier molecular flexibility index (Phi) is 3.01. The summed E-state index contributed by atoms with van der Waals surface area (Å²) in [7, 11) is 0. The first-order chi connectivity index (χ1) is 11.3. The van der Waals surface area contributed by atoms with E-state index in [1.165, 1.54) is 0 Å². The maximum atomic E-state index is 11.7. The Labute approximate surface area is 135 Å². The molecular weight excluding hydrogens is 314 g/mol. The molecule has 7 heteroatoms. The molecule has 1 aromatic carbocycles. The summed E-state index contributed by atoms with van der Waals surface area (Å²) < 4.78 is 24.9. The van der Waals surface area contributed by atoms with E-state index >= 15 is 0 Å². The van der Waals surface area contributed by atoms with Gasteiger partial charge in [0.25, 0.3) is 0 Å². The molecule has 0 bridgehead atoms. The van der Waals surface area contributed by atoms with E-state index < -0.39 is 11.4 Å². The van der Waals surface area contributed by atoms with Gasteiger partial charge in [0.05, 0.1) is 11.6 Å². The van der Waals surface area contributed by atoms with Crippen LogP contribution in [0.4, 0.5) is 0 Å². The molecule has 4 unspecified atom stereocenters. The zero-order chi connectivity index (χ0) is 15.4. The van der Waals surface area contributed by atoms with E-state index in [1.54, 1.807) is 6.33 Å². The van der Waals surface area contributed by atoms with Crippen LogP contribution in [0, 0.1) is 0 Å². The number of aromatic nitrogens is 3. The highest BCUT2D eigenvalue weighted by Gasteiger charge is 2.44. The first-order valence-corrected chi connectivity index (χ1v) is 8.77. The standard InChI is InChI=1S/C16H15N3O3S/c20-23-21-14-7-3-6-13(15(14)22-23)19-12-5-2-1-4-10(12)11-8-17-9-18-16(11)19/h1-2,4-5,8-9,13-15H,3,6-7H2. The van der Waals surface area contributed by atoms with E-state index in [-0.39, 0.29) is 18.2 Å². The van der Waals surface area contributed by atoms with Gasteiger partial charge < -0.3 is 4.57 Å². The van der Waals surface area contributed by atoms with E-state index in [1.807, 2.05) is 18.3 Å². The second-order valence-corrected chi connectivity index (χ2v) is 6.84. The highest BCUT2D eigenvalue weighted by molar-refractivity contribution is 7.75. The largest absolute Gasteiger partial charge is 0.319 e. The SMILES string of the molecule is O=S1OC2CCCC(n3c4ccccc4c4cncnc43)C2O1. The minimum absolute atomic E-state index is 0.0671. The fourth-order valence-corrected chi connectivity index (χ4v) is 4.78. The number of hydrogen-bond acceptors (Lipinski definition) is 5. The Morgan fingerprint density at radius 2 is 2.09 bits per heavy atom. The molecular formula is C16H15N3O3S. The van der Waals surface area contributed by atoms with Crippen molar-refractivity contribution in [1.29, 1.82) is 0 Å². The van der Waals surface area contributed by atoms with Crippen molar-refractivity contribution in [2.75, 3.05) is 0 Å². The molecule has 0 radical (unpaired) electrons. The van der Waals surface area contributed by atoms with Gasteiger partial charge in [0.2, 0.25) is 0 Å². The molecule has 3 aromatic rings. The Balaban J connectivity index is 1.76. The normalized spacial score (nSPS) is 30.8. The molecule has 23 heavy (non-hydrogen) atoms. The van der Waals surface area contributed by atoms with Gasteiger partial charge in [-0.25, -0.2) is 9.97 Å². The Bertz CT molecular complexity index is 872. The number of rotatable bonds is 1. The van der Waals surface area contributed by atoms with Crippen molar-refractivity contribution in [3.63, 3.8) is 0 Å². The highest BCUT2D eigenvalue weighted by atomic mass is 32.2. The smallest absolute Gasteiger partial charge is 0.305 e. The summed E-state index contributed by atoms with van der Waals surface area (Å²) in [5, 5.41) is 2.16. The van der Waals surface area contributed by atoms with Gasteiger partial charge in [0, 0.05) is 17.0 Å². The second-order valence-electron chi connectivity index (χ2n) is 6.05. The van der Waals surface area contributed by atoms with Crippen LogP contribution in [0.15, 0.2) is 36.8 Å². The predicted octanol–water partition coefficient (Wildman–Crippen LogP) is 2.67. The lowest BCUT2D eigenvalue weighted by molar-refractivity contribution is 0.0669. The number of hydrogen-bond donors (Lipinski definition) is 0. The zero-order valence-electron chi connectivity index (χ0n) is 12.3. The van der Waals surface area contributed by atoms with Crippen LogP contribution in [0.5, 0.6) is 0 Å². The average Bonchev–Trinajstić information content (AvgIpc) is 3.12. The molecule has 1 saturated heterocycles. The van der Waals surface area contributed by atoms with Crippen molar-refractivity contribution >= 4 is 33.3 Å². The summed E-state index contributed by atoms with van der Waals surface area (Å²) in [6.45, 7) is 0. The van der Waals surface area contributed by atoms with Crippen molar-refractivity contribution in [2.24, 2.45) is 0 Å². The molecule has 1 aliphatic heterocycles. The highest BCUT2D eigenvalue weighted by Crippen LogP contribution is 2.41. The molecule has 2 aromatic heterocycles. The third kappa shape index (κ3) is 1.97. The molecule has 0 N–H and O–H groups in total. The summed E-state index contributed by atoms with van der Waals surface area (Å²) in [6.07, 6.45) is 5.99. The second kappa shape index (κ2) is 5.09. The van der Waals surface area contributed by atoms with Crippen LogP contribution in [-0.4, -0.2) is 31.0 Å². The first-order valence-electron chi connectivity index (χ1n) is 7.77. The molecule has 4 atom stereocenters. The maximum absolute atomic E-state index is 11.7. The van der Waals surface area contributed by atoms with E-state index in [0.29, 0.717) is 0 Å². The number of para-hydroxylation sites is 1.